The average molecular weight is 328 g/mol. The molecule has 24 heavy (non-hydrogen) atoms. The third-order valence-corrected chi connectivity index (χ3v) is 3.91. The molecule has 124 valence electrons. The van der Waals surface area contributed by atoms with Crippen molar-refractivity contribution in [1.82, 2.24) is 14.8 Å². The first-order valence-electron chi connectivity index (χ1n) is 7.74. The molecule has 0 atom stereocenters. The minimum Gasteiger partial charge on any atom is -0.314 e. The Hall–Kier alpha value is -2.76. The molecule has 0 aliphatic carbocycles. The maximum absolute atomic E-state index is 13.1. The fourth-order valence-electron chi connectivity index (χ4n) is 2.59. The maximum Gasteiger partial charge on any atom is 0.231 e. The topological polar surface area (TPSA) is 34.0 Å². The number of hydrogen-bond acceptors (Lipinski definition) is 3. The van der Waals surface area contributed by atoms with Crippen molar-refractivity contribution < 1.29 is 8.78 Å². The molecule has 0 saturated heterocycles. The van der Waals surface area contributed by atoms with Crippen molar-refractivity contribution in [3.8, 4) is 0 Å². The van der Waals surface area contributed by atoms with Crippen LogP contribution in [0.2, 0.25) is 0 Å². The highest BCUT2D eigenvalue weighted by molar-refractivity contribution is 5.56. The summed E-state index contributed by atoms with van der Waals surface area (Å²) in [4.78, 5) is 1.87. The van der Waals surface area contributed by atoms with Gasteiger partial charge in [-0.15, -0.1) is 10.2 Å². The van der Waals surface area contributed by atoms with E-state index in [9.17, 15) is 8.78 Å². The van der Waals surface area contributed by atoms with Gasteiger partial charge in [-0.25, -0.2) is 8.78 Å². The van der Waals surface area contributed by atoms with Crippen LogP contribution in [0.25, 0.3) is 0 Å². The second-order valence-corrected chi connectivity index (χ2v) is 5.50. The molecule has 2 aromatic carbocycles. The van der Waals surface area contributed by atoms with Crippen molar-refractivity contribution in [1.29, 1.82) is 0 Å². The van der Waals surface area contributed by atoms with Gasteiger partial charge in [-0.05, 0) is 48.9 Å². The number of rotatable bonds is 5. The summed E-state index contributed by atoms with van der Waals surface area (Å²) in [7, 11) is 1.87. The predicted molar refractivity (Wildman–Crippen MR) is 89.4 cm³/mol. The summed E-state index contributed by atoms with van der Waals surface area (Å²) >= 11 is 0. The van der Waals surface area contributed by atoms with Crippen molar-refractivity contribution in [2.24, 2.45) is 0 Å². The van der Waals surface area contributed by atoms with Gasteiger partial charge in [-0.1, -0.05) is 12.1 Å². The van der Waals surface area contributed by atoms with Gasteiger partial charge in [0.1, 0.15) is 17.5 Å². The van der Waals surface area contributed by atoms with Crippen molar-refractivity contribution in [3.63, 3.8) is 0 Å². The van der Waals surface area contributed by atoms with Gasteiger partial charge < -0.3 is 4.90 Å². The molecule has 1 aromatic heterocycles. The van der Waals surface area contributed by atoms with E-state index in [2.05, 4.69) is 10.2 Å². The van der Waals surface area contributed by atoms with Crippen molar-refractivity contribution in [2.45, 2.75) is 19.9 Å². The largest absolute Gasteiger partial charge is 0.314 e. The molecule has 3 rings (SSSR count). The van der Waals surface area contributed by atoms with E-state index in [1.54, 1.807) is 24.3 Å². The molecule has 0 radical (unpaired) electrons. The summed E-state index contributed by atoms with van der Waals surface area (Å²) in [6.07, 6.45) is 0.568. The zero-order chi connectivity index (χ0) is 17.1. The Morgan fingerprint density at radius 3 is 2.08 bits per heavy atom. The Balaban J connectivity index is 1.88. The summed E-state index contributed by atoms with van der Waals surface area (Å²) in [5.41, 5.74) is 1.79. The zero-order valence-corrected chi connectivity index (χ0v) is 13.6. The lowest BCUT2D eigenvalue weighted by atomic mass is 10.1. The van der Waals surface area contributed by atoms with E-state index in [1.807, 2.05) is 23.4 Å². The fraction of sp³-hybridized carbons (Fsp3) is 0.222. The smallest absolute Gasteiger partial charge is 0.231 e. The van der Waals surface area contributed by atoms with Crippen molar-refractivity contribution in [2.75, 3.05) is 11.9 Å². The van der Waals surface area contributed by atoms with Crippen LogP contribution in [0.4, 0.5) is 20.4 Å². The van der Waals surface area contributed by atoms with Gasteiger partial charge in [0.05, 0.1) is 0 Å². The molecular weight excluding hydrogens is 310 g/mol. The Morgan fingerprint density at radius 1 is 0.917 bits per heavy atom. The minimum atomic E-state index is -0.277. The summed E-state index contributed by atoms with van der Waals surface area (Å²) in [6.45, 7) is 2.71. The molecule has 0 fully saturated rings. The highest BCUT2D eigenvalue weighted by atomic mass is 19.1. The second kappa shape index (κ2) is 6.78. The molecule has 3 aromatic rings. The molecule has 0 aliphatic rings. The molecule has 0 N–H and O–H groups in total. The van der Waals surface area contributed by atoms with E-state index in [0.29, 0.717) is 18.9 Å². The van der Waals surface area contributed by atoms with Crippen LogP contribution < -0.4 is 4.90 Å². The van der Waals surface area contributed by atoms with Crippen molar-refractivity contribution in [3.05, 3.63) is 71.6 Å². The molecule has 0 saturated carbocycles. The Labute approximate surface area is 139 Å². The van der Waals surface area contributed by atoms with Gasteiger partial charge in [0.2, 0.25) is 5.95 Å². The molecule has 0 aliphatic heterocycles. The monoisotopic (exact) mass is 328 g/mol. The second-order valence-electron chi connectivity index (χ2n) is 5.50. The lowest BCUT2D eigenvalue weighted by Gasteiger charge is -2.19. The summed E-state index contributed by atoms with van der Waals surface area (Å²) in [6, 6.07) is 12.6. The molecule has 6 heteroatoms. The Bertz CT molecular complexity index is 810. The van der Waals surface area contributed by atoms with Crippen LogP contribution in [-0.2, 0) is 13.0 Å². The summed E-state index contributed by atoms with van der Waals surface area (Å²) in [5.74, 6) is 0.947. The first-order chi connectivity index (χ1) is 11.6. The molecular formula is C18H18F2N4. The van der Waals surface area contributed by atoms with E-state index in [0.717, 1.165) is 17.1 Å². The van der Waals surface area contributed by atoms with Gasteiger partial charge in [0, 0.05) is 25.7 Å². The normalized spacial score (nSPS) is 10.8. The number of benzene rings is 2. The van der Waals surface area contributed by atoms with Gasteiger partial charge >= 0.3 is 0 Å². The van der Waals surface area contributed by atoms with Crippen LogP contribution in [0.1, 0.15) is 18.3 Å². The highest BCUT2D eigenvalue weighted by Gasteiger charge is 2.16. The number of hydrogen-bond donors (Lipinski definition) is 0. The van der Waals surface area contributed by atoms with Crippen LogP contribution >= 0.6 is 0 Å². The number of nitrogens with zero attached hydrogens (tertiary/aromatic N) is 4. The van der Waals surface area contributed by atoms with Crippen molar-refractivity contribution >= 4 is 11.6 Å². The molecule has 0 amide bonds. The fourth-order valence-corrected chi connectivity index (χ4v) is 2.59. The molecule has 0 spiro atoms. The highest BCUT2D eigenvalue weighted by Crippen LogP contribution is 2.23. The van der Waals surface area contributed by atoms with Crippen LogP contribution in [0, 0.1) is 11.6 Å². The lowest BCUT2D eigenvalue weighted by molar-refractivity contribution is 0.626. The van der Waals surface area contributed by atoms with E-state index < -0.39 is 0 Å². The molecule has 4 nitrogen and oxygen atoms in total. The number of halogens is 2. The quantitative estimate of drug-likeness (QED) is 0.711. The lowest BCUT2D eigenvalue weighted by Crippen LogP contribution is -2.16. The predicted octanol–water partition coefficient (Wildman–Crippen LogP) is 3.93. The summed E-state index contributed by atoms with van der Waals surface area (Å²) in [5, 5.41) is 8.54. The number of aromatic nitrogens is 3. The van der Waals surface area contributed by atoms with Crippen LogP contribution in [0.3, 0.4) is 0 Å². The van der Waals surface area contributed by atoms with E-state index >= 15 is 0 Å². The third kappa shape index (κ3) is 3.27. The van der Waals surface area contributed by atoms with E-state index in [1.165, 1.54) is 24.3 Å². The first-order valence-corrected chi connectivity index (χ1v) is 7.74. The van der Waals surface area contributed by atoms with Crippen LogP contribution in [0.15, 0.2) is 48.5 Å². The van der Waals surface area contributed by atoms with E-state index in [4.69, 9.17) is 0 Å². The summed E-state index contributed by atoms with van der Waals surface area (Å²) < 4.78 is 28.1. The number of anilines is 2. The minimum absolute atomic E-state index is 0.257. The molecule has 0 bridgehead atoms. The van der Waals surface area contributed by atoms with E-state index in [-0.39, 0.29) is 11.6 Å². The van der Waals surface area contributed by atoms with Gasteiger partial charge in [-0.2, -0.15) is 0 Å². The molecule has 0 unspecified atom stereocenters. The SMILES string of the molecule is CCn1c(Cc2ccc(F)cc2)nnc1N(C)c1ccc(F)cc1. The standard InChI is InChI=1S/C18H18F2N4/c1-3-24-17(12-13-4-6-14(19)7-5-13)21-22-18(24)23(2)16-10-8-15(20)9-11-16/h4-11H,3,12H2,1-2H3. The van der Waals surface area contributed by atoms with Gasteiger partial charge in [0.15, 0.2) is 0 Å². The zero-order valence-electron chi connectivity index (χ0n) is 13.6. The van der Waals surface area contributed by atoms with Gasteiger partial charge in [0.25, 0.3) is 0 Å². The van der Waals surface area contributed by atoms with Gasteiger partial charge in [-0.3, -0.25) is 4.57 Å². The third-order valence-electron chi connectivity index (χ3n) is 3.91. The molecule has 1 heterocycles. The maximum atomic E-state index is 13.1. The Morgan fingerprint density at radius 2 is 1.50 bits per heavy atom. The van der Waals surface area contributed by atoms with Crippen LogP contribution in [-0.4, -0.2) is 21.8 Å². The Kier molecular flexibility index (Phi) is 4.55. The first kappa shape index (κ1) is 16.1. The van der Waals surface area contributed by atoms with Crippen LogP contribution in [0.5, 0.6) is 0 Å². The average Bonchev–Trinajstić information content (AvgIpc) is 2.99.